The van der Waals surface area contributed by atoms with Crippen molar-refractivity contribution in [3.05, 3.63) is 11.9 Å². The number of aromatic nitrogens is 3. The fourth-order valence-corrected chi connectivity index (χ4v) is 4.21. The maximum Gasteiger partial charge on any atom is 0.524 e. The molecule has 0 bridgehead atoms. The third-order valence-electron chi connectivity index (χ3n) is 6.22. The number of hydrogen-bond donors (Lipinski definition) is 1. The minimum atomic E-state index is -4.86. The molecule has 2 atom stereocenters. The molecule has 34 heavy (non-hydrogen) atoms. The van der Waals surface area contributed by atoms with Crippen LogP contribution in [0, 0.1) is 0 Å². The molecule has 2 heterocycles. The maximum absolute atomic E-state index is 12.8. The van der Waals surface area contributed by atoms with Crippen molar-refractivity contribution in [2.75, 3.05) is 13.2 Å². The van der Waals surface area contributed by atoms with Gasteiger partial charge in [-0.05, 0) is 38.5 Å². The standard InChI is InChI=1S/C19H24F6N4O5/c20-18(21,22)33-16(5-1-6-16)29-9-13(27-28-29)14-4-3-12(10-31-14)26-15(30)11-32-17(7-2-8-17)34-19(23,24)25/h9,12,14H,1-8,10-11H2,(H,26,30)/t12-,14+/m1/s1. The highest BCUT2D eigenvalue weighted by Gasteiger charge is 2.51. The number of nitrogens with one attached hydrogen (secondary N) is 1. The molecule has 192 valence electrons. The Hall–Kier alpha value is -1.97. The molecular formula is C19H24F6N4O5. The van der Waals surface area contributed by atoms with E-state index < -0.39 is 48.9 Å². The number of amides is 1. The van der Waals surface area contributed by atoms with Crippen LogP contribution in [-0.2, 0) is 29.5 Å². The molecule has 0 radical (unpaired) electrons. The van der Waals surface area contributed by atoms with Gasteiger partial charge in [-0.3, -0.25) is 14.3 Å². The normalized spacial score (nSPS) is 26.4. The Labute approximate surface area is 190 Å². The summed E-state index contributed by atoms with van der Waals surface area (Å²) in [7, 11) is 0. The highest BCUT2D eigenvalue weighted by atomic mass is 19.4. The van der Waals surface area contributed by atoms with E-state index in [-0.39, 0.29) is 32.3 Å². The molecule has 0 spiro atoms. The Morgan fingerprint density at radius 3 is 2.26 bits per heavy atom. The number of hydrogen-bond acceptors (Lipinski definition) is 7. The molecule has 1 aromatic heterocycles. The molecular weight excluding hydrogens is 478 g/mol. The molecule has 1 aliphatic heterocycles. The van der Waals surface area contributed by atoms with Gasteiger partial charge in [0.15, 0.2) is 11.5 Å². The Morgan fingerprint density at radius 1 is 1.09 bits per heavy atom. The van der Waals surface area contributed by atoms with Crippen molar-refractivity contribution in [2.45, 2.75) is 87.7 Å². The molecule has 1 aromatic rings. The quantitative estimate of drug-likeness (QED) is 0.430. The highest BCUT2D eigenvalue weighted by molar-refractivity contribution is 5.77. The van der Waals surface area contributed by atoms with Crippen molar-refractivity contribution < 1.29 is 50.1 Å². The molecule has 0 aromatic carbocycles. The number of nitrogens with zero attached hydrogens (tertiary/aromatic N) is 3. The summed E-state index contributed by atoms with van der Waals surface area (Å²) in [6, 6.07) is -0.408. The van der Waals surface area contributed by atoms with Gasteiger partial charge in [0.05, 0.1) is 18.8 Å². The summed E-state index contributed by atoms with van der Waals surface area (Å²) < 4.78 is 96.1. The van der Waals surface area contributed by atoms with Gasteiger partial charge >= 0.3 is 12.7 Å². The molecule has 4 rings (SSSR count). The summed E-state index contributed by atoms with van der Waals surface area (Å²) >= 11 is 0. The van der Waals surface area contributed by atoms with Gasteiger partial charge in [-0.2, -0.15) is 0 Å². The third kappa shape index (κ3) is 5.98. The minimum absolute atomic E-state index is 0.0456. The van der Waals surface area contributed by atoms with Gasteiger partial charge in [0.1, 0.15) is 18.4 Å². The summed E-state index contributed by atoms with van der Waals surface area (Å²) in [6.07, 6.45) is -6.48. The Balaban J connectivity index is 1.24. The lowest BCUT2D eigenvalue weighted by atomic mass is 9.88. The molecule has 3 fully saturated rings. The van der Waals surface area contributed by atoms with Gasteiger partial charge in [0.2, 0.25) is 5.91 Å². The molecule has 1 saturated heterocycles. The van der Waals surface area contributed by atoms with E-state index in [0.29, 0.717) is 31.4 Å². The zero-order chi connectivity index (χ0) is 24.6. The predicted molar refractivity (Wildman–Crippen MR) is 98.5 cm³/mol. The van der Waals surface area contributed by atoms with Gasteiger partial charge in [-0.25, -0.2) is 4.68 Å². The van der Waals surface area contributed by atoms with E-state index >= 15 is 0 Å². The van der Waals surface area contributed by atoms with Crippen LogP contribution in [-0.4, -0.2) is 58.7 Å². The Morgan fingerprint density at radius 2 is 1.76 bits per heavy atom. The van der Waals surface area contributed by atoms with Crippen molar-refractivity contribution in [2.24, 2.45) is 0 Å². The fraction of sp³-hybridized carbons (Fsp3) is 0.842. The second-order valence-corrected chi connectivity index (χ2v) is 8.70. The number of rotatable bonds is 8. The van der Waals surface area contributed by atoms with E-state index in [1.807, 2.05) is 0 Å². The van der Waals surface area contributed by atoms with Crippen LogP contribution < -0.4 is 5.32 Å². The first-order chi connectivity index (χ1) is 15.9. The largest absolute Gasteiger partial charge is 0.524 e. The molecule has 2 aliphatic carbocycles. The zero-order valence-electron chi connectivity index (χ0n) is 18.0. The second-order valence-electron chi connectivity index (χ2n) is 8.70. The average Bonchev–Trinajstić information content (AvgIpc) is 3.16. The van der Waals surface area contributed by atoms with Crippen LogP contribution in [0.25, 0.3) is 0 Å². The average molecular weight is 502 g/mol. The fourth-order valence-electron chi connectivity index (χ4n) is 4.21. The summed E-state index contributed by atoms with van der Waals surface area (Å²) in [5, 5.41) is 10.4. The van der Waals surface area contributed by atoms with Crippen LogP contribution in [0.2, 0.25) is 0 Å². The number of halogens is 6. The number of carbonyl (C=O) groups is 1. The van der Waals surface area contributed by atoms with Gasteiger partial charge in [-0.1, -0.05) is 5.21 Å². The van der Waals surface area contributed by atoms with Crippen LogP contribution in [0.15, 0.2) is 6.20 Å². The zero-order valence-corrected chi connectivity index (χ0v) is 18.0. The molecule has 2 saturated carbocycles. The second kappa shape index (κ2) is 9.24. The van der Waals surface area contributed by atoms with E-state index in [4.69, 9.17) is 9.47 Å². The SMILES string of the molecule is O=C(COC1(OC(F)(F)F)CCC1)N[C@@H]1CC[C@@H](c2cn(C3(OC(F)(F)F)CCC3)nn2)OC1. The molecule has 1 N–H and O–H groups in total. The van der Waals surface area contributed by atoms with E-state index in [2.05, 4.69) is 25.1 Å². The summed E-state index contributed by atoms with van der Waals surface area (Å²) in [5.41, 5.74) is -1.25. The first-order valence-corrected chi connectivity index (χ1v) is 10.9. The Bertz CT molecular complexity index is 860. The van der Waals surface area contributed by atoms with Crippen LogP contribution in [0.5, 0.6) is 0 Å². The lowest BCUT2D eigenvalue weighted by Crippen LogP contribution is -2.49. The number of ether oxygens (including phenoxy) is 4. The first kappa shape index (κ1) is 25.1. The Kier molecular flexibility index (Phi) is 6.83. The van der Waals surface area contributed by atoms with Crippen molar-refractivity contribution in [3.63, 3.8) is 0 Å². The van der Waals surface area contributed by atoms with Crippen LogP contribution >= 0.6 is 0 Å². The minimum Gasteiger partial charge on any atom is -0.370 e. The third-order valence-corrected chi connectivity index (χ3v) is 6.22. The highest BCUT2D eigenvalue weighted by Crippen LogP contribution is 2.44. The lowest BCUT2D eigenvalue weighted by Gasteiger charge is -2.41. The topological polar surface area (TPSA) is 96.7 Å². The van der Waals surface area contributed by atoms with Crippen LogP contribution in [0.1, 0.15) is 63.2 Å². The van der Waals surface area contributed by atoms with Gasteiger partial charge in [0.25, 0.3) is 0 Å². The van der Waals surface area contributed by atoms with E-state index in [1.54, 1.807) is 0 Å². The lowest BCUT2D eigenvalue weighted by molar-refractivity contribution is -0.432. The number of alkyl halides is 6. The van der Waals surface area contributed by atoms with E-state index in [1.165, 1.54) is 6.20 Å². The van der Waals surface area contributed by atoms with E-state index in [9.17, 15) is 31.1 Å². The molecule has 9 nitrogen and oxygen atoms in total. The summed E-state index contributed by atoms with van der Waals surface area (Å²) in [4.78, 5) is 12.1. The van der Waals surface area contributed by atoms with Gasteiger partial charge in [-0.15, -0.1) is 31.4 Å². The van der Waals surface area contributed by atoms with Gasteiger partial charge in [0, 0.05) is 12.8 Å². The van der Waals surface area contributed by atoms with Crippen LogP contribution in [0.3, 0.4) is 0 Å². The van der Waals surface area contributed by atoms with E-state index in [0.717, 1.165) is 4.68 Å². The number of carbonyl (C=O) groups excluding carboxylic acids is 1. The summed E-state index contributed by atoms with van der Waals surface area (Å²) in [6.45, 7) is -0.511. The maximum atomic E-state index is 12.8. The van der Waals surface area contributed by atoms with Crippen LogP contribution in [0.4, 0.5) is 26.3 Å². The van der Waals surface area contributed by atoms with Crippen molar-refractivity contribution >= 4 is 5.91 Å². The molecule has 1 amide bonds. The van der Waals surface area contributed by atoms with Gasteiger partial charge < -0.3 is 14.8 Å². The first-order valence-electron chi connectivity index (χ1n) is 10.9. The monoisotopic (exact) mass is 502 g/mol. The van der Waals surface area contributed by atoms with Crippen molar-refractivity contribution in [1.82, 2.24) is 20.3 Å². The molecule has 0 unspecified atom stereocenters. The molecule has 15 heteroatoms. The van der Waals surface area contributed by atoms with Crippen molar-refractivity contribution in [3.8, 4) is 0 Å². The summed E-state index contributed by atoms with van der Waals surface area (Å²) in [5.74, 6) is -2.42. The predicted octanol–water partition coefficient (Wildman–Crippen LogP) is 3.42. The molecule has 3 aliphatic rings. The smallest absolute Gasteiger partial charge is 0.370 e. The van der Waals surface area contributed by atoms with Crippen molar-refractivity contribution in [1.29, 1.82) is 0 Å².